The number of para-hydroxylation sites is 1. The number of hydrogen-bond acceptors (Lipinski definition) is 6. The highest BCUT2D eigenvalue weighted by Crippen LogP contribution is 2.38. The average Bonchev–Trinajstić information content (AvgIpc) is 3.25. The molecule has 7 nitrogen and oxygen atoms in total. The number of nitrogens with one attached hydrogen (secondary N) is 1. The van der Waals surface area contributed by atoms with E-state index in [1.54, 1.807) is 19.2 Å². The molecule has 3 heterocycles. The summed E-state index contributed by atoms with van der Waals surface area (Å²) in [6, 6.07) is 12.5. The van der Waals surface area contributed by atoms with Crippen LogP contribution in [0.5, 0.6) is 5.75 Å². The molecule has 10 heteroatoms. The Kier molecular flexibility index (Phi) is 5.42. The maximum Gasteiger partial charge on any atom is 0.521 e. The van der Waals surface area contributed by atoms with Crippen LogP contribution in [0, 0.1) is 0 Å². The van der Waals surface area contributed by atoms with E-state index < -0.39 is 6.30 Å². The number of methoxy groups -OCH3 is 1. The lowest BCUT2D eigenvalue weighted by Crippen LogP contribution is -2.53. The molecule has 5 rings (SSSR count). The highest BCUT2D eigenvalue weighted by atomic mass is 19.4. The highest BCUT2D eigenvalue weighted by molar-refractivity contribution is 5.87. The maximum atomic E-state index is 13.2. The Labute approximate surface area is 183 Å². The van der Waals surface area contributed by atoms with Crippen LogP contribution >= 0.6 is 0 Å². The van der Waals surface area contributed by atoms with E-state index in [9.17, 15) is 13.2 Å². The van der Waals surface area contributed by atoms with Crippen LogP contribution in [0.25, 0.3) is 11.0 Å². The third-order valence-corrected chi connectivity index (χ3v) is 6.21. The highest BCUT2D eigenvalue weighted by Gasteiger charge is 2.38. The molecule has 0 saturated carbocycles. The van der Waals surface area contributed by atoms with Crippen LogP contribution in [0.4, 0.5) is 18.9 Å². The second-order valence-electron chi connectivity index (χ2n) is 8.16. The molecule has 0 radical (unpaired) electrons. The molecule has 3 aromatic rings. The van der Waals surface area contributed by atoms with Crippen LogP contribution < -0.4 is 10.1 Å². The van der Waals surface area contributed by atoms with E-state index in [0.29, 0.717) is 12.3 Å². The molecule has 2 aliphatic rings. The van der Waals surface area contributed by atoms with Gasteiger partial charge in [0, 0.05) is 19.2 Å². The first-order valence-corrected chi connectivity index (χ1v) is 10.6. The molecule has 1 saturated heterocycles. The number of likely N-dealkylation sites (tertiary alicyclic amines) is 1. The summed E-state index contributed by atoms with van der Waals surface area (Å²) in [5, 5.41) is 10.8. The molecule has 0 aliphatic carbocycles. The van der Waals surface area contributed by atoms with Crippen LogP contribution in [-0.2, 0) is 11.0 Å². The zero-order valence-corrected chi connectivity index (χ0v) is 17.5. The SMILES string of the molecule is CO[C@H]1CCCN(C2COc3ccccc3[C@@H]2Nc2cccc3nn(C(F)(F)F)nc23)C1. The summed E-state index contributed by atoms with van der Waals surface area (Å²) in [6.45, 7) is 2.15. The zero-order chi connectivity index (χ0) is 22.3. The van der Waals surface area contributed by atoms with Gasteiger partial charge in [0.1, 0.15) is 23.4 Å². The van der Waals surface area contributed by atoms with Crippen molar-refractivity contribution < 1.29 is 22.6 Å². The molecule has 1 N–H and O–H groups in total. The summed E-state index contributed by atoms with van der Waals surface area (Å²) in [5.74, 6) is 0.771. The molecule has 2 aliphatic heterocycles. The Balaban J connectivity index is 1.52. The second kappa shape index (κ2) is 8.25. The molecule has 0 bridgehead atoms. The van der Waals surface area contributed by atoms with E-state index in [2.05, 4.69) is 20.4 Å². The molecule has 170 valence electrons. The van der Waals surface area contributed by atoms with Crippen molar-refractivity contribution in [1.29, 1.82) is 0 Å². The van der Waals surface area contributed by atoms with Gasteiger partial charge in [0.2, 0.25) is 0 Å². The molecule has 1 fully saturated rings. The van der Waals surface area contributed by atoms with Crippen LogP contribution in [0.2, 0.25) is 0 Å². The number of hydrogen-bond donors (Lipinski definition) is 1. The number of anilines is 1. The number of ether oxygens (including phenoxy) is 2. The van der Waals surface area contributed by atoms with E-state index >= 15 is 0 Å². The Morgan fingerprint density at radius 3 is 2.78 bits per heavy atom. The molecule has 2 aromatic carbocycles. The smallest absolute Gasteiger partial charge is 0.491 e. The summed E-state index contributed by atoms with van der Waals surface area (Å²) in [7, 11) is 1.72. The van der Waals surface area contributed by atoms with E-state index in [1.807, 2.05) is 24.3 Å². The van der Waals surface area contributed by atoms with Gasteiger partial charge in [-0.3, -0.25) is 4.90 Å². The number of benzene rings is 2. The topological polar surface area (TPSA) is 64.4 Å². The van der Waals surface area contributed by atoms with Gasteiger partial charge in [-0.05, 0) is 37.6 Å². The number of alkyl halides is 3. The lowest BCUT2D eigenvalue weighted by Gasteiger charge is -2.44. The fourth-order valence-corrected chi connectivity index (χ4v) is 4.63. The minimum atomic E-state index is -4.67. The lowest BCUT2D eigenvalue weighted by atomic mass is 9.92. The summed E-state index contributed by atoms with van der Waals surface area (Å²) in [6.07, 6.45) is -2.50. The molecular formula is C22H24F3N5O2. The third kappa shape index (κ3) is 3.88. The van der Waals surface area contributed by atoms with Crippen LogP contribution in [-0.4, -0.2) is 58.8 Å². The van der Waals surface area contributed by atoms with Crippen molar-refractivity contribution in [2.45, 2.75) is 37.3 Å². The van der Waals surface area contributed by atoms with Gasteiger partial charge in [-0.15, -0.1) is 23.4 Å². The van der Waals surface area contributed by atoms with Gasteiger partial charge in [-0.1, -0.05) is 29.1 Å². The zero-order valence-electron chi connectivity index (χ0n) is 17.5. The van der Waals surface area contributed by atoms with E-state index in [-0.39, 0.29) is 34.0 Å². The summed E-state index contributed by atoms with van der Waals surface area (Å²) >= 11 is 0. The average molecular weight is 447 g/mol. The lowest BCUT2D eigenvalue weighted by molar-refractivity contribution is -0.220. The van der Waals surface area contributed by atoms with Gasteiger partial charge in [-0.2, -0.15) is 0 Å². The number of aromatic nitrogens is 3. The van der Waals surface area contributed by atoms with Crippen LogP contribution in [0.3, 0.4) is 0 Å². The molecule has 0 spiro atoms. The molecule has 32 heavy (non-hydrogen) atoms. The minimum Gasteiger partial charge on any atom is -0.491 e. The minimum absolute atomic E-state index is 0.0178. The molecule has 1 unspecified atom stereocenters. The second-order valence-corrected chi connectivity index (χ2v) is 8.16. The first-order chi connectivity index (χ1) is 15.4. The largest absolute Gasteiger partial charge is 0.521 e. The number of fused-ring (bicyclic) bond motifs is 2. The summed E-state index contributed by atoms with van der Waals surface area (Å²) in [4.78, 5) is 2.16. The van der Waals surface area contributed by atoms with Gasteiger partial charge in [0.05, 0.1) is 23.9 Å². The third-order valence-electron chi connectivity index (χ3n) is 6.21. The first kappa shape index (κ1) is 21.0. The fraction of sp³-hybridized carbons (Fsp3) is 0.455. The van der Waals surface area contributed by atoms with Crippen LogP contribution in [0.15, 0.2) is 42.5 Å². The molecule has 0 amide bonds. The van der Waals surface area contributed by atoms with E-state index in [1.165, 1.54) is 6.07 Å². The fourth-order valence-electron chi connectivity index (χ4n) is 4.63. The Hall–Kier alpha value is -2.85. The van der Waals surface area contributed by atoms with E-state index in [0.717, 1.165) is 37.2 Å². The Morgan fingerprint density at radius 2 is 1.97 bits per heavy atom. The molecular weight excluding hydrogens is 423 g/mol. The maximum absolute atomic E-state index is 13.2. The molecule has 1 aromatic heterocycles. The van der Waals surface area contributed by atoms with Gasteiger partial charge in [0.25, 0.3) is 0 Å². The number of rotatable bonds is 4. The Bertz CT molecular complexity index is 1100. The van der Waals surface area contributed by atoms with Crippen molar-refractivity contribution in [1.82, 2.24) is 19.9 Å². The normalized spacial score (nSPS) is 24.2. The van der Waals surface area contributed by atoms with Gasteiger partial charge in [0.15, 0.2) is 0 Å². The predicted octanol–water partition coefficient (Wildman–Crippen LogP) is 3.93. The number of piperidine rings is 1. The Morgan fingerprint density at radius 1 is 1.12 bits per heavy atom. The monoisotopic (exact) mass is 447 g/mol. The quantitative estimate of drug-likeness (QED) is 0.654. The van der Waals surface area contributed by atoms with Crippen molar-refractivity contribution >= 4 is 16.7 Å². The summed E-state index contributed by atoms with van der Waals surface area (Å²) in [5.41, 5.74) is 1.83. The van der Waals surface area contributed by atoms with Crippen molar-refractivity contribution in [2.75, 3.05) is 32.1 Å². The van der Waals surface area contributed by atoms with Gasteiger partial charge < -0.3 is 14.8 Å². The molecule has 3 atom stereocenters. The van der Waals surface area contributed by atoms with Crippen molar-refractivity contribution in [3.63, 3.8) is 0 Å². The van der Waals surface area contributed by atoms with Crippen LogP contribution in [0.1, 0.15) is 24.4 Å². The number of halogens is 3. The van der Waals surface area contributed by atoms with Gasteiger partial charge >= 0.3 is 6.30 Å². The van der Waals surface area contributed by atoms with E-state index in [4.69, 9.17) is 9.47 Å². The first-order valence-electron chi connectivity index (χ1n) is 10.6. The van der Waals surface area contributed by atoms with Crippen molar-refractivity contribution in [3.8, 4) is 5.75 Å². The predicted molar refractivity (Wildman–Crippen MR) is 113 cm³/mol. The summed E-state index contributed by atoms with van der Waals surface area (Å²) < 4.78 is 51.2. The van der Waals surface area contributed by atoms with Crippen molar-refractivity contribution in [3.05, 3.63) is 48.0 Å². The van der Waals surface area contributed by atoms with Crippen molar-refractivity contribution in [2.24, 2.45) is 0 Å². The van der Waals surface area contributed by atoms with Gasteiger partial charge in [-0.25, -0.2) is 0 Å². The number of nitrogens with zero attached hydrogens (tertiary/aromatic N) is 4. The standard InChI is InChI=1S/C22H24F3N5O2/c1-31-14-6-5-11-29(12-14)18-13-32-19-10-3-2-7-15(19)20(18)26-16-8-4-9-17-21(16)28-30(27-17)22(23,24)25/h2-4,7-10,14,18,20,26H,5-6,11-13H2,1H3/t14-,18?,20-/m0/s1.